The molecule has 2 heteroatoms. The average Bonchev–Trinajstić information content (AvgIpc) is 2.72. The third-order valence-corrected chi connectivity index (χ3v) is 3.90. The number of rotatable bonds is 2. The Morgan fingerprint density at radius 1 is 1.19 bits per heavy atom. The highest BCUT2D eigenvalue weighted by Gasteiger charge is 2.38. The van der Waals surface area contributed by atoms with Crippen molar-refractivity contribution in [3.8, 4) is 0 Å². The highest BCUT2D eigenvalue weighted by atomic mass is 16.2. The van der Waals surface area contributed by atoms with Crippen molar-refractivity contribution in [3.63, 3.8) is 0 Å². The van der Waals surface area contributed by atoms with Crippen LogP contribution < -0.4 is 0 Å². The molecule has 2 aliphatic rings. The van der Waals surface area contributed by atoms with Gasteiger partial charge in [-0.15, -0.1) is 0 Å². The molecular weight excluding hydrogens is 198 g/mol. The van der Waals surface area contributed by atoms with E-state index in [0.717, 1.165) is 31.8 Å². The lowest BCUT2D eigenvalue weighted by Crippen LogP contribution is -2.41. The van der Waals surface area contributed by atoms with E-state index < -0.39 is 0 Å². The van der Waals surface area contributed by atoms with Gasteiger partial charge in [-0.2, -0.15) is 0 Å². The van der Waals surface area contributed by atoms with Gasteiger partial charge >= 0.3 is 0 Å². The Bertz CT molecular complexity index is 387. The smallest absolute Gasteiger partial charge is 0.226 e. The summed E-state index contributed by atoms with van der Waals surface area (Å²) in [6.07, 6.45) is 3.51. The summed E-state index contributed by atoms with van der Waals surface area (Å²) < 4.78 is 0. The van der Waals surface area contributed by atoms with Crippen LogP contribution in [0.4, 0.5) is 0 Å². The van der Waals surface area contributed by atoms with Crippen LogP contribution in [0.15, 0.2) is 30.3 Å². The minimum absolute atomic E-state index is 0.336. The van der Waals surface area contributed by atoms with Gasteiger partial charge in [0.25, 0.3) is 0 Å². The molecule has 1 heterocycles. The Morgan fingerprint density at radius 2 is 2.00 bits per heavy atom. The van der Waals surface area contributed by atoms with E-state index in [-0.39, 0.29) is 0 Å². The number of piperidine rings is 1. The largest absolute Gasteiger partial charge is 0.338 e. The van der Waals surface area contributed by atoms with E-state index in [2.05, 4.69) is 17.0 Å². The van der Waals surface area contributed by atoms with Gasteiger partial charge in [-0.05, 0) is 30.7 Å². The van der Waals surface area contributed by atoms with Crippen LogP contribution in [0.2, 0.25) is 0 Å². The van der Waals surface area contributed by atoms with E-state index >= 15 is 0 Å². The van der Waals surface area contributed by atoms with Gasteiger partial charge in [0.2, 0.25) is 5.91 Å². The lowest BCUT2D eigenvalue weighted by molar-refractivity contribution is -0.138. The molecule has 0 aromatic heterocycles. The van der Waals surface area contributed by atoms with E-state index in [4.69, 9.17) is 0 Å². The molecule has 2 nitrogen and oxygen atoms in total. The van der Waals surface area contributed by atoms with Crippen molar-refractivity contribution >= 4 is 5.91 Å². The summed E-state index contributed by atoms with van der Waals surface area (Å²) in [6, 6.07) is 10.3. The zero-order valence-corrected chi connectivity index (χ0v) is 9.43. The van der Waals surface area contributed by atoms with Gasteiger partial charge in [-0.25, -0.2) is 0 Å². The molecule has 2 fully saturated rings. The van der Waals surface area contributed by atoms with Gasteiger partial charge in [0.1, 0.15) is 0 Å². The lowest BCUT2D eigenvalue weighted by Gasteiger charge is -2.31. The molecule has 1 saturated heterocycles. The van der Waals surface area contributed by atoms with Gasteiger partial charge < -0.3 is 4.90 Å². The van der Waals surface area contributed by atoms with Crippen molar-refractivity contribution in [1.82, 2.24) is 4.90 Å². The summed E-state index contributed by atoms with van der Waals surface area (Å²) in [6.45, 7) is 1.77. The first-order chi connectivity index (χ1) is 7.83. The third kappa shape index (κ3) is 1.73. The quantitative estimate of drug-likeness (QED) is 0.742. The highest BCUT2D eigenvalue weighted by molar-refractivity contribution is 5.80. The van der Waals surface area contributed by atoms with Gasteiger partial charge in [-0.1, -0.05) is 30.3 Å². The predicted octanol–water partition coefficient (Wildman–Crippen LogP) is 2.45. The van der Waals surface area contributed by atoms with Crippen LogP contribution in [-0.2, 0) is 11.3 Å². The Kier molecular flexibility index (Phi) is 2.43. The molecule has 2 bridgehead atoms. The number of carbonyl (C=O) groups excluding carboxylic acids is 1. The molecule has 2 unspecified atom stereocenters. The van der Waals surface area contributed by atoms with Crippen LogP contribution in [0.1, 0.15) is 24.8 Å². The zero-order chi connectivity index (χ0) is 11.0. The molecule has 1 saturated carbocycles. The monoisotopic (exact) mass is 215 g/mol. The van der Waals surface area contributed by atoms with Crippen molar-refractivity contribution in [2.75, 3.05) is 6.54 Å². The van der Waals surface area contributed by atoms with Crippen LogP contribution in [0, 0.1) is 11.8 Å². The fourth-order valence-corrected chi connectivity index (χ4v) is 3.07. The minimum Gasteiger partial charge on any atom is -0.338 e. The average molecular weight is 215 g/mol. The first-order valence-corrected chi connectivity index (χ1v) is 6.15. The second kappa shape index (κ2) is 3.93. The number of nitrogens with zero attached hydrogens (tertiary/aromatic N) is 1. The normalized spacial score (nSPS) is 28.5. The molecule has 84 valence electrons. The summed E-state index contributed by atoms with van der Waals surface area (Å²) in [5.41, 5.74) is 1.25. The third-order valence-electron chi connectivity index (χ3n) is 3.90. The second-order valence-corrected chi connectivity index (χ2v) is 5.08. The predicted molar refractivity (Wildman–Crippen MR) is 62.7 cm³/mol. The molecule has 1 aliphatic heterocycles. The number of hydrogen-bond donors (Lipinski definition) is 0. The first kappa shape index (κ1) is 9.88. The number of amides is 1. The van der Waals surface area contributed by atoms with Crippen molar-refractivity contribution in [2.24, 2.45) is 11.8 Å². The van der Waals surface area contributed by atoms with Gasteiger partial charge in [0.05, 0.1) is 0 Å². The van der Waals surface area contributed by atoms with E-state index in [1.165, 1.54) is 12.0 Å². The number of carbonyl (C=O) groups is 1. The number of likely N-dealkylation sites (tertiary alicyclic amines) is 1. The van der Waals surface area contributed by atoms with E-state index in [0.29, 0.717) is 11.8 Å². The zero-order valence-electron chi connectivity index (χ0n) is 9.43. The number of fused-ring (bicyclic) bond motifs is 2. The highest BCUT2D eigenvalue weighted by Crippen LogP contribution is 2.37. The lowest BCUT2D eigenvalue weighted by atomic mass is 9.97. The van der Waals surface area contributed by atoms with Crippen molar-refractivity contribution in [1.29, 1.82) is 0 Å². The van der Waals surface area contributed by atoms with Gasteiger partial charge in [0, 0.05) is 19.0 Å². The van der Waals surface area contributed by atoms with Gasteiger partial charge in [-0.3, -0.25) is 4.79 Å². The Labute approximate surface area is 96.3 Å². The number of benzene rings is 1. The second-order valence-electron chi connectivity index (χ2n) is 5.08. The van der Waals surface area contributed by atoms with Gasteiger partial charge in [0.15, 0.2) is 0 Å². The molecule has 2 atom stereocenters. The Hall–Kier alpha value is -1.31. The molecule has 0 N–H and O–H groups in total. The molecule has 1 aliphatic carbocycles. The number of hydrogen-bond acceptors (Lipinski definition) is 1. The van der Waals surface area contributed by atoms with Crippen LogP contribution in [0.25, 0.3) is 0 Å². The van der Waals surface area contributed by atoms with E-state index in [9.17, 15) is 4.79 Å². The molecule has 0 radical (unpaired) electrons. The molecule has 1 aromatic rings. The Morgan fingerprint density at radius 3 is 2.81 bits per heavy atom. The topological polar surface area (TPSA) is 20.3 Å². The van der Waals surface area contributed by atoms with Crippen LogP contribution in [0.3, 0.4) is 0 Å². The van der Waals surface area contributed by atoms with Crippen molar-refractivity contribution < 1.29 is 4.79 Å². The van der Waals surface area contributed by atoms with E-state index in [1.807, 2.05) is 18.2 Å². The summed E-state index contributed by atoms with van der Waals surface area (Å²) in [5, 5.41) is 0. The molecule has 1 amide bonds. The molecule has 16 heavy (non-hydrogen) atoms. The minimum atomic E-state index is 0.336. The van der Waals surface area contributed by atoms with Crippen molar-refractivity contribution in [3.05, 3.63) is 35.9 Å². The SMILES string of the molecule is O=C1C2CCC(C2)CN1Cc1ccccc1. The fraction of sp³-hybridized carbons (Fsp3) is 0.500. The maximum absolute atomic E-state index is 12.1. The molecule has 3 rings (SSSR count). The van der Waals surface area contributed by atoms with E-state index in [1.54, 1.807) is 0 Å². The van der Waals surface area contributed by atoms with Crippen LogP contribution >= 0.6 is 0 Å². The Balaban J connectivity index is 1.74. The summed E-state index contributed by atoms with van der Waals surface area (Å²) in [7, 11) is 0. The maximum Gasteiger partial charge on any atom is 0.226 e. The molecule has 0 spiro atoms. The summed E-state index contributed by atoms with van der Waals surface area (Å²) in [5.74, 6) is 1.49. The fourth-order valence-electron chi connectivity index (χ4n) is 3.07. The van der Waals surface area contributed by atoms with Crippen LogP contribution in [-0.4, -0.2) is 17.4 Å². The molecular formula is C14H17NO. The first-order valence-electron chi connectivity index (χ1n) is 6.15. The molecule has 1 aromatic carbocycles. The van der Waals surface area contributed by atoms with Crippen molar-refractivity contribution in [2.45, 2.75) is 25.8 Å². The van der Waals surface area contributed by atoms with Crippen LogP contribution in [0.5, 0.6) is 0 Å². The maximum atomic E-state index is 12.1. The summed E-state index contributed by atoms with van der Waals surface area (Å²) in [4.78, 5) is 14.2. The summed E-state index contributed by atoms with van der Waals surface area (Å²) >= 11 is 0. The standard InChI is InChI=1S/C14H17NO/c16-14-13-7-6-12(8-13)10-15(14)9-11-4-2-1-3-5-11/h1-5,12-13H,6-10H2.